The van der Waals surface area contributed by atoms with E-state index in [1.165, 1.54) is 5.56 Å². The summed E-state index contributed by atoms with van der Waals surface area (Å²) >= 11 is 0. The summed E-state index contributed by atoms with van der Waals surface area (Å²) in [5, 5.41) is 0. The maximum atomic E-state index is 5.52. The lowest BCUT2D eigenvalue weighted by molar-refractivity contribution is 0.831. The number of hydrogen-bond donors (Lipinski definition) is 0. The van der Waals surface area contributed by atoms with Crippen molar-refractivity contribution >= 4 is 0 Å². The summed E-state index contributed by atoms with van der Waals surface area (Å²) in [7, 11) is 0. The number of benzene rings is 1. The SMILES string of the molecule is C#CC(/C=C\C/C=C\C)Cc1ccccc1. The van der Waals surface area contributed by atoms with Crippen LogP contribution in [0.15, 0.2) is 54.6 Å². The molecule has 0 aliphatic heterocycles. The minimum atomic E-state index is 0.202. The van der Waals surface area contributed by atoms with Gasteiger partial charge in [-0.1, -0.05) is 60.6 Å². The van der Waals surface area contributed by atoms with Gasteiger partial charge in [-0.05, 0) is 25.3 Å². The second-order valence-electron chi connectivity index (χ2n) is 3.70. The third-order valence-corrected chi connectivity index (χ3v) is 2.39. The molecule has 0 radical (unpaired) electrons. The maximum absolute atomic E-state index is 5.52. The van der Waals surface area contributed by atoms with Gasteiger partial charge in [0.25, 0.3) is 0 Å². The number of hydrogen-bond acceptors (Lipinski definition) is 0. The second kappa shape index (κ2) is 7.54. The molecule has 0 heterocycles. The molecular formula is C16H18. The molecule has 1 atom stereocenters. The van der Waals surface area contributed by atoms with Crippen LogP contribution in [0.5, 0.6) is 0 Å². The van der Waals surface area contributed by atoms with Crippen LogP contribution in [0, 0.1) is 18.3 Å². The van der Waals surface area contributed by atoms with Gasteiger partial charge in [0.15, 0.2) is 0 Å². The van der Waals surface area contributed by atoms with Gasteiger partial charge in [0.2, 0.25) is 0 Å². The Morgan fingerprint density at radius 1 is 1.25 bits per heavy atom. The quantitative estimate of drug-likeness (QED) is 0.509. The first kappa shape index (κ1) is 12.3. The predicted molar refractivity (Wildman–Crippen MR) is 71.0 cm³/mol. The normalized spacial score (nSPS) is 13.0. The Morgan fingerprint density at radius 3 is 2.62 bits per heavy atom. The van der Waals surface area contributed by atoms with E-state index in [9.17, 15) is 0 Å². The van der Waals surface area contributed by atoms with E-state index in [1.54, 1.807) is 0 Å². The van der Waals surface area contributed by atoms with Crippen molar-refractivity contribution in [3.8, 4) is 12.3 Å². The number of rotatable bonds is 5. The van der Waals surface area contributed by atoms with Crippen molar-refractivity contribution in [2.45, 2.75) is 19.8 Å². The van der Waals surface area contributed by atoms with E-state index >= 15 is 0 Å². The summed E-state index contributed by atoms with van der Waals surface area (Å²) < 4.78 is 0. The highest BCUT2D eigenvalue weighted by atomic mass is 14.0. The first-order valence-electron chi connectivity index (χ1n) is 5.64. The van der Waals surface area contributed by atoms with Crippen molar-refractivity contribution < 1.29 is 0 Å². The van der Waals surface area contributed by atoms with Gasteiger partial charge in [0.1, 0.15) is 0 Å². The van der Waals surface area contributed by atoms with Crippen LogP contribution in [-0.4, -0.2) is 0 Å². The number of allylic oxidation sites excluding steroid dienone is 4. The standard InChI is InChI=1S/C16H18/c1-3-5-6-8-11-15(4-2)14-16-12-9-7-10-13-16/h2-3,5,7-13,15H,6,14H2,1H3/b5-3-,11-8-. The van der Waals surface area contributed by atoms with Crippen LogP contribution < -0.4 is 0 Å². The minimum Gasteiger partial charge on any atom is -0.119 e. The Labute approximate surface area is 98.7 Å². The molecule has 0 N–H and O–H groups in total. The van der Waals surface area contributed by atoms with Gasteiger partial charge in [-0.15, -0.1) is 6.42 Å². The molecule has 0 amide bonds. The first-order chi connectivity index (χ1) is 7.86. The van der Waals surface area contributed by atoms with Crippen LogP contribution in [0.2, 0.25) is 0 Å². The van der Waals surface area contributed by atoms with Gasteiger partial charge in [-0.3, -0.25) is 0 Å². The van der Waals surface area contributed by atoms with Crippen LogP contribution in [0.1, 0.15) is 18.9 Å². The van der Waals surface area contributed by atoms with Crippen LogP contribution >= 0.6 is 0 Å². The highest BCUT2D eigenvalue weighted by Gasteiger charge is 2.00. The van der Waals surface area contributed by atoms with E-state index in [0.29, 0.717) is 0 Å². The third-order valence-electron chi connectivity index (χ3n) is 2.39. The average Bonchev–Trinajstić information content (AvgIpc) is 2.34. The molecule has 1 aromatic carbocycles. The summed E-state index contributed by atoms with van der Waals surface area (Å²) in [4.78, 5) is 0. The highest BCUT2D eigenvalue weighted by molar-refractivity contribution is 5.19. The fraction of sp³-hybridized carbons (Fsp3) is 0.250. The molecule has 82 valence electrons. The van der Waals surface area contributed by atoms with E-state index in [4.69, 9.17) is 6.42 Å². The molecule has 0 bridgehead atoms. The lowest BCUT2D eigenvalue weighted by Gasteiger charge is -2.04. The molecule has 0 heteroatoms. The molecule has 16 heavy (non-hydrogen) atoms. The maximum Gasteiger partial charge on any atom is 0.0420 e. The Kier molecular flexibility index (Phi) is 5.81. The molecule has 1 aromatic rings. The second-order valence-corrected chi connectivity index (χ2v) is 3.70. The third kappa shape index (κ3) is 4.66. The fourth-order valence-electron chi connectivity index (χ4n) is 1.51. The average molecular weight is 210 g/mol. The molecule has 0 spiro atoms. The van der Waals surface area contributed by atoms with Crippen molar-refractivity contribution in [3.05, 3.63) is 60.2 Å². The van der Waals surface area contributed by atoms with Crippen LogP contribution in [0.25, 0.3) is 0 Å². The summed E-state index contributed by atoms with van der Waals surface area (Å²) in [6.45, 7) is 2.02. The summed E-state index contributed by atoms with van der Waals surface area (Å²) in [5.74, 6) is 3.02. The first-order valence-corrected chi connectivity index (χ1v) is 5.64. The zero-order chi connectivity index (χ0) is 11.6. The Morgan fingerprint density at radius 2 is 2.00 bits per heavy atom. The molecule has 0 saturated heterocycles. The van der Waals surface area contributed by atoms with Crippen molar-refractivity contribution in [1.82, 2.24) is 0 Å². The lowest BCUT2D eigenvalue weighted by Crippen LogP contribution is -1.97. The van der Waals surface area contributed by atoms with Crippen molar-refractivity contribution in [2.24, 2.45) is 5.92 Å². The van der Waals surface area contributed by atoms with Crippen molar-refractivity contribution in [3.63, 3.8) is 0 Å². The van der Waals surface area contributed by atoms with Crippen LogP contribution in [0.4, 0.5) is 0 Å². The molecule has 1 unspecified atom stereocenters. The van der Waals surface area contributed by atoms with E-state index in [-0.39, 0.29) is 5.92 Å². The van der Waals surface area contributed by atoms with Gasteiger partial charge in [-0.2, -0.15) is 0 Å². The minimum absolute atomic E-state index is 0.202. The molecule has 0 fully saturated rings. The van der Waals surface area contributed by atoms with E-state index in [0.717, 1.165) is 12.8 Å². The molecule has 1 rings (SSSR count). The molecule has 0 aromatic heterocycles. The Balaban J connectivity index is 2.50. The monoisotopic (exact) mass is 210 g/mol. The highest BCUT2D eigenvalue weighted by Crippen LogP contribution is 2.09. The topological polar surface area (TPSA) is 0 Å². The molecular weight excluding hydrogens is 192 g/mol. The van der Waals surface area contributed by atoms with E-state index in [1.807, 2.05) is 31.2 Å². The summed E-state index contributed by atoms with van der Waals surface area (Å²) in [5.41, 5.74) is 1.29. The molecule has 0 aliphatic rings. The van der Waals surface area contributed by atoms with Crippen molar-refractivity contribution in [2.75, 3.05) is 0 Å². The van der Waals surface area contributed by atoms with Crippen LogP contribution in [0.3, 0.4) is 0 Å². The lowest BCUT2D eigenvalue weighted by atomic mass is 9.99. The van der Waals surface area contributed by atoms with E-state index < -0.39 is 0 Å². The zero-order valence-electron chi connectivity index (χ0n) is 9.77. The summed E-state index contributed by atoms with van der Waals surface area (Å²) in [6, 6.07) is 10.4. The molecule has 0 nitrogen and oxygen atoms in total. The Bertz CT molecular complexity index is 376. The van der Waals surface area contributed by atoms with Gasteiger partial charge in [-0.25, -0.2) is 0 Å². The Hall–Kier alpha value is -1.74. The van der Waals surface area contributed by atoms with Crippen molar-refractivity contribution in [1.29, 1.82) is 0 Å². The van der Waals surface area contributed by atoms with Gasteiger partial charge in [0.05, 0.1) is 0 Å². The van der Waals surface area contributed by atoms with Crippen LogP contribution in [-0.2, 0) is 6.42 Å². The predicted octanol–water partition coefficient (Wildman–Crippen LogP) is 4.00. The summed E-state index contributed by atoms with van der Waals surface area (Å²) in [6.07, 6.45) is 15.8. The smallest absolute Gasteiger partial charge is 0.0420 e. The van der Waals surface area contributed by atoms with E-state index in [2.05, 4.69) is 36.3 Å². The number of terminal acetylenes is 1. The largest absolute Gasteiger partial charge is 0.119 e. The molecule has 0 aliphatic carbocycles. The van der Waals surface area contributed by atoms with Gasteiger partial charge < -0.3 is 0 Å². The van der Waals surface area contributed by atoms with Gasteiger partial charge in [0, 0.05) is 5.92 Å². The van der Waals surface area contributed by atoms with Gasteiger partial charge >= 0.3 is 0 Å². The fourth-order valence-corrected chi connectivity index (χ4v) is 1.51. The molecule has 0 saturated carbocycles. The zero-order valence-corrected chi connectivity index (χ0v) is 9.77.